The summed E-state index contributed by atoms with van der Waals surface area (Å²) in [5, 5.41) is 17.3. The Labute approximate surface area is 88.2 Å². The van der Waals surface area contributed by atoms with E-state index in [2.05, 4.69) is 10.2 Å². The lowest BCUT2D eigenvalue weighted by Crippen LogP contribution is -1.95. The lowest BCUT2D eigenvalue weighted by Gasteiger charge is -1.86. The zero-order valence-electron chi connectivity index (χ0n) is 6.82. The third kappa shape index (κ3) is 1.64. The number of hydrogen-bond acceptors (Lipinski definition) is 3. The van der Waals surface area contributed by atoms with E-state index >= 15 is 0 Å². The van der Waals surface area contributed by atoms with Crippen molar-refractivity contribution in [1.29, 1.82) is 0 Å². The molecule has 2 rings (SSSR count). The lowest BCUT2D eigenvalue weighted by atomic mass is 10.3. The second-order valence-corrected chi connectivity index (χ2v) is 3.95. The summed E-state index contributed by atoms with van der Waals surface area (Å²) in [6.45, 7) is 0. The van der Waals surface area contributed by atoms with Crippen LogP contribution in [0, 0.1) is 0 Å². The summed E-state index contributed by atoms with van der Waals surface area (Å²) in [5.74, 6) is -1.05. The SMILES string of the molecule is O=C(O)c1cc(-c2cc(Cl)cs2)[nH]n1. The third-order valence-corrected chi connectivity index (χ3v) is 2.94. The van der Waals surface area contributed by atoms with E-state index in [1.165, 1.54) is 17.4 Å². The molecule has 0 radical (unpaired) electrons. The first kappa shape index (κ1) is 9.23. The molecule has 0 aliphatic carbocycles. The van der Waals surface area contributed by atoms with E-state index in [1.54, 1.807) is 11.4 Å². The molecule has 2 aromatic heterocycles. The van der Waals surface area contributed by atoms with Gasteiger partial charge in [-0.2, -0.15) is 5.10 Å². The standard InChI is InChI=1S/C8H5ClN2O2S/c9-4-1-7(14-3-4)5-2-6(8(12)13)11-10-5/h1-3H,(H,10,11)(H,12,13). The van der Waals surface area contributed by atoms with Crippen LogP contribution in [0.25, 0.3) is 10.6 Å². The average Bonchev–Trinajstić information content (AvgIpc) is 2.70. The van der Waals surface area contributed by atoms with E-state index in [-0.39, 0.29) is 5.69 Å². The minimum Gasteiger partial charge on any atom is -0.476 e. The quantitative estimate of drug-likeness (QED) is 0.830. The largest absolute Gasteiger partial charge is 0.476 e. The van der Waals surface area contributed by atoms with E-state index in [1.807, 2.05) is 0 Å². The predicted octanol–water partition coefficient (Wildman–Crippen LogP) is 2.49. The third-order valence-electron chi connectivity index (χ3n) is 1.63. The van der Waals surface area contributed by atoms with Crippen LogP contribution in [0.4, 0.5) is 0 Å². The first-order chi connectivity index (χ1) is 6.66. The first-order valence-corrected chi connectivity index (χ1v) is 4.95. The van der Waals surface area contributed by atoms with E-state index in [9.17, 15) is 4.79 Å². The summed E-state index contributed by atoms with van der Waals surface area (Å²) < 4.78 is 0. The molecule has 0 aliphatic rings. The van der Waals surface area contributed by atoms with Gasteiger partial charge in [0.05, 0.1) is 15.6 Å². The summed E-state index contributed by atoms with van der Waals surface area (Å²) in [6, 6.07) is 3.23. The molecule has 2 heterocycles. The van der Waals surface area contributed by atoms with Crippen molar-refractivity contribution in [3.05, 3.63) is 28.2 Å². The molecule has 72 valence electrons. The van der Waals surface area contributed by atoms with E-state index < -0.39 is 5.97 Å². The minimum absolute atomic E-state index is 0.00419. The second kappa shape index (κ2) is 3.43. The average molecular weight is 229 g/mol. The van der Waals surface area contributed by atoms with Gasteiger partial charge in [-0.1, -0.05) is 11.6 Å². The number of carboxylic acid groups (broad SMARTS) is 1. The molecule has 0 saturated carbocycles. The highest BCUT2D eigenvalue weighted by Gasteiger charge is 2.10. The van der Waals surface area contributed by atoms with Crippen LogP contribution in [0.2, 0.25) is 5.02 Å². The number of aromatic amines is 1. The van der Waals surface area contributed by atoms with Gasteiger partial charge in [-0.15, -0.1) is 11.3 Å². The van der Waals surface area contributed by atoms with Crippen molar-refractivity contribution in [2.24, 2.45) is 0 Å². The van der Waals surface area contributed by atoms with Gasteiger partial charge in [0.15, 0.2) is 5.69 Å². The Morgan fingerprint density at radius 3 is 2.86 bits per heavy atom. The molecule has 0 aliphatic heterocycles. The zero-order chi connectivity index (χ0) is 10.1. The predicted molar refractivity (Wildman–Crippen MR) is 53.9 cm³/mol. The van der Waals surface area contributed by atoms with Crippen molar-refractivity contribution in [1.82, 2.24) is 10.2 Å². The molecule has 14 heavy (non-hydrogen) atoms. The topological polar surface area (TPSA) is 66.0 Å². The maximum absolute atomic E-state index is 10.5. The Kier molecular flexibility index (Phi) is 2.26. The molecule has 2 aromatic rings. The van der Waals surface area contributed by atoms with Gasteiger partial charge in [-0.25, -0.2) is 4.79 Å². The van der Waals surface area contributed by atoms with Crippen LogP contribution in [0.5, 0.6) is 0 Å². The molecule has 0 bridgehead atoms. The molecule has 0 fully saturated rings. The number of nitrogens with one attached hydrogen (secondary N) is 1. The van der Waals surface area contributed by atoms with Crippen molar-refractivity contribution in [2.75, 3.05) is 0 Å². The van der Waals surface area contributed by atoms with Gasteiger partial charge in [0, 0.05) is 5.38 Å². The molecule has 0 unspecified atom stereocenters. The number of nitrogens with zero attached hydrogens (tertiary/aromatic N) is 1. The fourth-order valence-corrected chi connectivity index (χ4v) is 2.05. The van der Waals surface area contributed by atoms with E-state index in [4.69, 9.17) is 16.7 Å². The Morgan fingerprint density at radius 1 is 1.57 bits per heavy atom. The van der Waals surface area contributed by atoms with Crippen LogP contribution in [0.15, 0.2) is 17.5 Å². The first-order valence-electron chi connectivity index (χ1n) is 3.70. The zero-order valence-corrected chi connectivity index (χ0v) is 8.39. The lowest BCUT2D eigenvalue weighted by molar-refractivity contribution is 0.0690. The summed E-state index contributed by atoms with van der Waals surface area (Å²) in [7, 11) is 0. The molecule has 2 N–H and O–H groups in total. The Balaban J connectivity index is 2.38. The highest BCUT2D eigenvalue weighted by atomic mass is 35.5. The molecular weight excluding hydrogens is 224 g/mol. The normalized spacial score (nSPS) is 10.4. The van der Waals surface area contributed by atoms with Crippen LogP contribution < -0.4 is 0 Å². The van der Waals surface area contributed by atoms with Crippen LogP contribution in [-0.2, 0) is 0 Å². The summed E-state index contributed by atoms with van der Waals surface area (Å²) in [5.41, 5.74) is 0.670. The Bertz CT molecular complexity index is 477. The van der Waals surface area contributed by atoms with Crippen LogP contribution >= 0.6 is 22.9 Å². The number of halogens is 1. The van der Waals surface area contributed by atoms with Crippen LogP contribution in [-0.4, -0.2) is 21.3 Å². The molecular formula is C8H5ClN2O2S. The summed E-state index contributed by atoms with van der Waals surface area (Å²) >= 11 is 7.17. The van der Waals surface area contributed by atoms with Crippen molar-refractivity contribution in [2.45, 2.75) is 0 Å². The number of carbonyl (C=O) groups is 1. The minimum atomic E-state index is -1.05. The highest BCUT2D eigenvalue weighted by molar-refractivity contribution is 7.14. The molecule has 4 nitrogen and oxygen atoms in total. The number of H-pyrrole nitrogens is 1. The fourth-order valence-electron chi connectivity index (χ4n) is 1.01. The van der Waals surface area contributed by atoms with Gasteiger partial charge in [-0.05, 0) is 12.1 Å². The molecule has 0 atom stereocenters. The van der Waals surface area contributed by atoms with Gasteiger partial charge < -0.3 is 5.11 Å². The number of thiophene rings is 1. The fraction of sp³-hybridized carbons (Fsp3) is 0. The van der Waals surface area contributed by atoms with Gasteiger partial charge in [0.2, 0.25) is 0 Å². The summed E-state index contributed by atoms with van der Waals surface area (Å²) in [4.78, 5) is 11.4. The number of hydrogen-bond donors (Lipinski definition) is 2. The number of carboxylic acids is 1. The van der Waals surface area contributed by atoms with Crippen molar-refractivity contribution < 1.29 is 9.90 Å². The van der Waals surface area contributed by atoms with Gasteiger partial charge in [0.25, 0.3) is 0 Å². The van der Waals surface area contributed by atoms with E-state index in [0.717, 1.165) is 4.88 Å². The Morgan fingerprint density at radius 2 is 2.36 bits per heavy atom. The van der Waals surface area contributed by atoms with Gasteiger partial charge >= 0.3 is 5.97 Å². The molecule has 0 spiro atoms. The molecule has 0 saturated heterocycles. The number of aromatic nitrogens is 2. The number of aromatic carboxylic acids is 1. The molecule has 0 aromatic carbocycles. The number of rotatable bonds is 2. The maximum atomic E-state index is 10.5. The highest BCUT2D eigenvalue weighted by Crippen LogP contribution is 2.28. The van der Waals surface area contributed by atoms with Crippen molar-refractivity contribution in [3.63, 3.8) is 0 Å². The monoisotopic (exact) mass is 228 g/mol. The smallest absolute Gasteiger partial charge is 0.356 e. The van der Waals surface area contributed by atoms with Crippen LogP contribution in [0.1, 0.15) is 10.5 Å². The molecule has 0 amide bonds. The van der Waals surface area contributed by atoms with Gasteiger partial charge in [0.1, 0.15) is 0 Å². The van der Waals surface area contributed by atoms with E-state index in [0.29, 0.717) is 10.7 Å². The van der Waals surface area contributed by atoms with Crippen molar-refractivity contribution >= 4 is 28.9 Å². The molecule has 6 heteroatoms. The summed E-state index contributed by atoms with van der Waals surface area (Å²) in [6.07, 6.45) is 0. The van der Waals surface area contributed by atoms with Crippen molar-refractivity contribution in [3.8, 4) is 10.6 Å². The van der Waals surface area contributed by atoms with Crippen LogP contribution in [0.3, 0.4) is 0 Å². The second-order valence-electron chi connectivity index (χ2n) is 2.60. The Hall–Kier alpha value is -1.33. The maximum Gasteiger partial charge on any atom is 0.356 e. The van der Waals surface area contributed by atoms with Gasteiger partial charge in [-0.3, -0.25) is 5.10 Å².